The highest BCUT2D eigenvalue weighted by molar-refractivity contribution is 6.04. The fourth-order valence-corrected chi connectivity index (χ4v) is 2.76. The third kappa shape index (κ3) is 3.39. The Morgan fingerprint density at radius 1 is 1.18 bits per heavy atom. The standard InChI is InChI=1S/C20H17N3O5/c1-11-19(24)22-15-9-13(5-8-17(15)27-11)21-20(25)16-10-18(28-23-16)12-3-6-14(26-2)7-4-12/h3-11H,1-2H3,(H,21,25)(H,22,24). The first-order chi connectivity index (χ1) is 13.5. The molecule has 0 radical (unpaired) electrons. The molecule has 0 saturated carbocycles. The van der Waals surface area contributed by atoms with Gasteiger partial charge in [-0.2, -0.15) is 0 Å². The number of ether oxygens (including phenoxy) is 2. The summed E-state index contributed by atoms with van der Waals surface area (Å²) in [5, 5.41) is 9.30. The van der Waals surface area contributed by atoms with E-state index in [9.17, 15) is 9.59 Å². The molecule has 0 spiro atoms. The van der Waals surface area contributed by atoms with E-state index < -0.39 is 12.0 Å². The first-order valence-electron chi connectivity index (χ1n) is 8.57. The van der Waals surface area contributed by atoms with E-state index in [-0.39, 0.29) is 11.6 Å². The van der Waals surface area contributed by atoms with Crippen LogP contribution in [0.15, 0.2) is 53.1 Å². The Bertz CT molecular complexity index is 1040. The van der Waals surface area contributed by atoms with Gasteiger partial charge < -0.3 is 24.6 Å². The minimum Gasteiger partial charge on any atom is -0.497 e. The van der Waals surface area contributed by atoms with Crippen molar-refractivity contribution in [2.24, 2.45) is 0 Å². The summed E-state index contributed by atoms with van der Waals surface area (Å²) in [6.45, 7) is 1.67. The van der Waals surface area contributed by atoms with Crippen LogP contribution < -0.4 is 20.1 Å². The third-order valence-corrected chi connectivity index (χ3v) is 4.29. The lowest BCUT2D eigenvalue weighted by Crippen LogP contribution is -2.34. The quantitative estimate of drug-likeness (QED) is 0.721. The van der Waals surface area contributed by atoms with Gasteiger partial charge in [0.1, 0.15) is 11.5 Å². The smallest absolute Gasteiger partial charge is 0.277 e. The summed E-state index contributed by atoms with van der Waals surface area (Å²) in [6, 6.07) is 13.8. The van der Waals surface area contributed by atoms with Crippen molar-refractivity contribution >= 4 is 23.2 Å². The molecule has 1 aromatic heterocycles. The van der Waals surface area contributed by atoms with Crippen LogP contribution in [0.1, 0.15) is 17.4 Å². The van der Waals surface area contributed by atoms with Crippen LogP contribution in [0.5, 0.6) is 11.5 Å². The number of carbonyl (C=O) groups excluding carboxylic acids is 2. The van der Waals surface area contributed by atoms with Gasteiger partial charge in [0.15, 0.2) is 17.6 Å². The van der Waals surface area contributed by atoms with Crippen molar-refractivity contribution < 1.29 is 23.6 Å². The topological polar surface area (TPSA) is 103 Å². The molecule has 0 aliphatic carbocycles. The Labute approximate surface area is 160 Å². The van der Waals surface area contributed by atoms with E-state index in [0.29, 0.717) is 22.9 Å². The number of amides is 2. The maximum absolute atomic E-state index is 12.5. The van der Waals surface area contributed by atoms with Gasteiger partial charge >= 0.3 is 0 Å². The zero-order valence-corrected chi connectivity index (χ0v) is 15.2. The van der Waals surface area contributed by atoms with Gasteiger partial charge in [-0.1, -0.05) is 5.16 Å². The average Bonchev–Trinajstić information content (AvgIpc) is 3.19. The molecule has 2 heterocycles. The largest absolute Gasteiger partial charge is 0.497 e. The average molecular weight is 379 g/mol. The van der Waals surface area contributed by atoms with Gasteiger partial charge in [0.05, 0.1) is 12.8 Å². The molecule has 28 heavy (non-hydrogen) atoms. The number of rotatable bonds is 4. The summed E-state index contributed by atoms with van der Waals surface area (Å²) < 4.78 is 15.9. The van der Waals surface area contributed by atoms with Crippen molar-refractivity contribution in [2.75, 3.05) is 17.7 Å². The summed E-state index contributed by atoms with van der Waals surface area (Å²) in [5.41, 5.74) is 1.91. The zero-order chi connectivity index (χ0) is 19.7. The van der Waals surface area contributed by atoms with Crippen LogP contribution in [0.2, 0.25) is 0 Å². The van der Waals surface area contributed by atoms with E-state index in [1.807, 2.05) is 12.1 Å². The molecule has 0 bridgehead atoms. The van der Waals surface area contributed by atoms with E-state index in [1.165, 1.54) is 0 Å². The van der Waals surface area contributed by atoms with Gasteiger partial charge in [0, 0.05) is 17.3 Å². The molecule has 142 valence electrons. The molecule has 4 rings (SSSR count). The number of anilines is 2. The second-order valence-corrected chi connectivity index (χ2v) is 6.22. The number of nitrogens with one attached hydrogen (secondary N) is 2. The van der Waals surface area contributed by atoms with Crippen molar-refractivity contribution in [1.82, 2.24) is 5.16 Å². The minimum absolute atomic E-state index is 0.137. The first kappa shape index (κ1) is 17.6. The molecule has 2 aromatic carbocycles. The monoisotopic (exact) mass is 379 g/mol. The van der Waals surface area contributed by atoms with E-state index in [2.05, 4.69) is 15.8 Å². The van der Waals surface area contributed by atoms with Gasteiger partial charge in [-0.25, -0.2) is 0 Å². The molecule has 1 aliphatic rings. The van der Waals surface area contributed by atoms with Crippen LogP contribution >= 0.6 is 0 Å². The number of methoxy groups -OCH3 is 1. The van der Waals surface area contributed by atoms with Gasteiger partial charge in [0.25, 0.3) is 11.8 Å². The normalized spacial score (nSPS) is 15.2. The zero-order valence-electron chi connectivity index (χ0n) is 15.2. The Kier molecular flexibility index (Phi) is 4.44. The molecular weight excluding hydrogens is 362 g/mol. The summed E-state index contributed by atoms with van der Waals surface area (Å²) in [4.78, 5) is 24.2. The van der Waals surface area contributed by atoms with Crippen LogP contribution in [0.3, 0.4) is 0 Å². The number of benzene rings is 2. The number of nitrogens with zero attached hydrogens (tertiary/aromatic N) is 1. The highest BCUT2D eigenvalue weighted by Gasteiger charge is 2.24. The first-order valence-corrected chi connectivity index (χ1v) is 8.57. The SMILES string of the molecule is COc1ccc(-c2cc(C(=O)Nc3ccc4c(c3)NC(=O)C(C)O4)no2)cc1. The second-order valence-electron chi connectivity index (χ2n) is 6.22. The number of hydrogen-bond donors (Lipinski definition) is 2. The maximum atomic E-state index is 12.5. The predicted molar refractivity (Wildman–Crippen MR) is 102 cm³/mol. The van der Waals surface area contributed by atoms with Crippen molar-refractivity contribution in [3.8, 4) is 22.8 Å². The summed E-state index contributed by atoms with van der Waals surface area (Å²) in [5.74, 6) is 1.07. The van der Waals surface area contributed by atoms with Gasteiger partial charge in [-0.15, -0.1) is 0 Å². The Balaban J connectivity index is 1.49. The number of hydrogen-bond acceptors (Lipinski definition) is 6. The summed E-state index contributed by atoms with van der Waals surface area (Å²) in [7, 11) is 1.59. The van der Waals surface area contributed by atoms with Crippen molar-refractivity contribution in [3.05, 3.63) is 54.2 Å². The molecule has 0 fully saturated rings. The van der Waals surface area contributed by atoms with Gasteiger partial charge in [0.2, 0.25) is 0 Å². The van der Waals surface area contributed by atoms with Crippen molar-refractivity contribution in [1.29, 1.82) is 0 Å². The molecule has 8 nitrogen and oxygen atoms in total. The Morgan fingerprint density at radius 2 is 1.96 bits per heavy atom. The predicted octanol–water partition coefficient (Wildman–Crippen LogP) is 3.32. The lowest BCUT2D eigenvalue weighted by molar-refractivity contribution is -0.122. The lowest BCUT2D eigenvalue weighted by atomic mass is 10.1. The molecule has 0 saturated heterocycles. The van der Waals surface area contributed by atoms with E-state index >= 15 is 0 Å². The highest BCUT2D eigenvalue weighted by atomic mass is 16.5. The van der Waals surface area contributed by atoms with E-state index in [0.717, 1.165) is 11.3 Å². The molecule has 2 N–H and O–H groups in total. The molecular formula is C20H17N3O5. The number of fused-ring (bicyclic) bond motifs is 1. The van der Waals surface area contributed by atoms with Crippen LogP contribution in [0.25, 0.3) is 11.3 Å². The summed E-state index contributed by atoms with van der Waals surface area (Å²) >= 11 is 0. The Morgan fingerprint density at radius 3 is 2.71 bits per heavy atom. The van der Waals surface area contributed by atoms with Crippen molar-refractivity contribution in [2.45, 2.75) is 13.0 Å². The van der Waals surface area contributed by atoms with E-state index in [1.54, 1.807) is 50.4 Å². The Hall–Kier alpha value is -3.81. The van der Waals surface area contributed by atoms with Crippen molar-refractivity contribution in [3.63, 3.8) is 0 Å². The molecule has 1 aliphatic heterocycles. The van der Waals surface area contributed by atoms with Crippen LogP contribution in [-0.2, 0) is 4.79 Å². The number of carbonyl (C=O) groups is 2. The molecule has 8 heteroatoms. The molecule has 3 aromatic rings. The van der Waals surface area contributed by atoms with E-state index in [4.69, 9.17) is 14.0 Å². The van der Waals surface area contributed by atoms with Gasteiger partial charge in [-0.05, 0) is 49.4 Å². The van der Waals surface area contributed by atoms with Gasteiger partial charge in [-0.3, -0.25) is 9.59 Å². The third-order valence-electron chi connectivity index (χ3n) is 4.29. The van der Waals surface area contributed by atoms with Crippen LogP contribution in [0.4, 0.5) is 11.4 Å². The second kappa shape index (κ2) is 7.07. The van der Waals surface area contributed by atoms with Crippen LogP contribution in [-0.4, -0.2) is 30.2 Å². The van der Waals surface area contributed by atoms with Crippen LogP contribution in [0, 0.1) is 0 Å². The fraction of sp³-hybridized carbons (Fsp3) is 0.150. The fourth-order valence-electron chi connectivity index (χ4n) is 2.76. The minimum atomic E-state index is -0.556. The molecule has 2 amide bonds. The maximum Gasteiger partial charge on any atom is 0.277 e. The number of aromatic nitrogens is 1. The summed E-state index contributed by atoms with van der Waals surface area (Å²) in [6.07, 6.45) is -0.556. The molecule has 1 atom stereocenters. The lowest BCUT2D eigenvalue weighted by Gasteiger charge is -2.23. The molecule has 1 unspecified atom stereocenters. The highest BCUT2D eigenvalue weighted by Crippen LogP contribution is 2.32.